The van der Waals surface area contributed by atoms with Crippen molar-refractivity contribution < 1.29 is 22.9 Å². The number of nitro benzene ring substituents is 1. The van der Waals surface area contributed by atoms with Crippen molar-refractivity contribution in [2.75, 3.05) is 26.2 Å². The van der Waals surface area contributed by atoms with Crippen LogP contribution in [0.4, 0.5) is 18.9 Å². The van der Waals surface area contributed by atoms with Crippen LogP contribution in [-0.4, -0.2) is 41.9 Å². The highest BCUT2D eigenvalue weighted by Crippen LogP contribution is 2.32. The summed E-state index contributed by atoms with van der Waals surface area (Å²) in [7, 11) is 0. The lowest BCUT2D eigenvalue weighted by atomic mass is 10.0. The van der Waals surface area contributed by atoms with Crippen LogP contribution in [0.3, 0.4) is 0 Å². The molecule has 1 fully saturated rings. The molecular weight excluding hydrogens is 315 g/mol. The fourth-order valence-corrected chi connectivity index (χ4v) is 2.45. The van der Waals surface area contributed by atoms with Crippen LogP contribution < -0.4 is 5.32 Å². The van der Waals surface area contributed by atoms with E-state index in [1.54, 1.807) is 0 Å². The molecule has 6 nitrogen and oxygen atoms in total. The first-order chi connectivity index (χ1) is 10.7. The Kier molecular flexibility index (Phi) is 4.88. The minimum atomic E-state index is -4.76. The minimum absolute atomic E-state index is 0.273. The van der Waals surface area contributed by atoms with Crippen molar-refractivity contribution in [3.63, 3.8) is 0 Å². The number of amides is 1. The maximum atomic E-state index is 12.8. The highest BCUT2D eigenvalue weighted by atomic mass is 19.4. The molecule has 1 saturated heterocycles. The fourth-order valence-electron chi connectivity index (χ4n) is 2.45. The van der Waals surface area contributed by atoms with Crippen LogP contribution in [-0.2, 0) is 6.18 Å². The van der Waals surface area contributed by atoms with E-state index in [9.17, 15) is 28.1 Å². The molecule has 0 radical (unpaired) electrons. The van der Waals surface area contributed by atoms with E-state index in [0.717, 1.165) is 19.2 Å². The highest BCUT2D eigenvalue weighted by Gasteiger charge is 2.33. The van der Waals surface area contributed by atoms with Crippen molar-refractivity contribution in [1.29, 1.82) is 0 Å². The molecule has 1 aromatic rings. The summed E-state index contributed by atoms with van der Waals surface area (Å²) in [4.78, 5) is 23.8. The number of carbonyl (C=O) groups excluding carboxylic acids is 1. The molecule has 1 aliphatic rings. The van der Waals surface area contributed by atoms with E-state index in [2.05, 4.69) is 17.1 Å². The third kappa shape index (κ3) is 4.41. The Morgan fingerprint density at radius 2 is 2.04 bits per heavy atom. The smallest absolute Gasteiger partial charge is 0.351 e. The maximum absolute atomic E-state index is 12.8. The molecule has 0 spiro atoms. The van der Waals surface area contributed by atoms with Crippen LogP contribution in [0, 0.1) is 16.0 Å². The molecule has 0 saturated carbocycles. The molecule has 0 aliphatic carbocycles. The zero-order valence-electron chi connectivity index (χ0n) is 12.4. The number of rotatable bonds is 5. The Morgan fingerprint density at radius 3 is 2.57 bits per heavy atom. The van der Waals surface area contributed by atoms with Crippen LogP contribution in [0.2, 0.25) is 0 Å². The van der Waals surface area contributed by atoms with Gasteiger partial charge in [0, 0.05) is 43.9 Å². The van der Waals surface area contributed by atoms with E-state index in [1.165, 1.54) is 0 Å². The molecule has 0 unspecified atom stereocenters. The van der Waals surface area contributed by atoms with Gasteiger partial charge in [-0.15, -0.1) is 0 Å². The molecular formula is C14H16F3N3O3. The molecule has 126 valence electrons. The number of carbonyl (C=O) groups is 1. The number of benzene rings is 1. The monoisotopic (exact) mass is 331 g/mol. The number of likely N-dealkylation sites (tertiary alicyclic amines) is 1. The number of halogens is 3. The summed E-state index contributed by atoms with van der Waals surface area (Å²) in [6.45, 7) is 4.80. The van der Waals surface area contributed by atoms with E-state index in [4.69, 9.17) is 0 Å². The van der Waals surface area contributed by atoms with Crippen LogP contribution >= 0.6 is 0 Å². The van der Waals surface area contributed by atoms with Gasteiger partial charge >= 0.3 is 6.18 Å². The van der Waals surface area contributed by atoms with Crippen molar-refractivity contribution in [2.24, 2.45) is 5.92 Å². The Bertz CT molecular complexity index is 613. The molecule has 1 heterocycles. The van der Waals surface area contributed by atoms with Gasteiger partial charge in [-0.1, -0.05) is 6.92 Å². The van der Waals surface area contributed by atoms with Crippen LogP contribution in [0.25, 0.3) is 0 Å². The summed E-state index contributed by atoms with van der Waals surface area (Å²) >= 11 is 0. The Hall–Kier alpha value is -2.16. The lowest BCUT2D eigenvalue weighted by molar-refractivity contribution is -0.385. The first kappa shape index (κ1) is 17.2. The van der Waals surface area contributed by atoms with Crippen molar-refractivity contribution >= 4 is 11.6 Å². The van der Waals surface area contributed by atoms with Crippen LogP contribution in [0.5, 0.6) is 0 Å². The molecule has 0 aromatic heterocycles. The lowest BCUT2D eigenvalue weighted by Crippen LogP contribution is -2.48. The van der Waals surface area contributed by atoms with Gasteiger partial charge in [-0.3, -0.25) is 14.9 Å². The first-order valence-corrected chi connectivity index (χ1v) is 7.04. The van der Waals surface area contributed by atoms with Crippen molar-refractivity contribution in [3.05, 3.63) is 39.4 Å². The number of hydrogen-bond acceptors (Lipinski definition) is 4. The number of nitrogens with one attached hydrogen (secondary N) is 1. The second-order valence-electron chi connectivity index (χ2n) is 5.64. The molecule has 1 N–H and O–H groups in total. The summed E-state index contributed by atoms with van der Waals surface area (Å²) in [6.07, 6.45) is -4.76. The number of nitro groups is 1. The third-order valence-electron chi connectivity index (χ3n) is 3.57. The van der Waals surface area contributed by atoms with Gasteiger partial charge in [0.25, 0.3) is 11.6 Å². The summed E-state index contributed by atoms with van der Waals surface area (Å²) in [5.74, 6) is -0.149. The average Bonchev–Trinajstić information content (AvgIpc) is 2.43. The van der Waals surface area contributed by atoms with E-state index in [0.29, 0.717) is 24.6 Å². The van der Waals surface area contributed by atoms with Gasteiger partial charge in [-0.2, -0.15) is 13.2 Å². The van der Waals surface area contributed by atoms with Crippen LogP contribution in [0.15, 0.2) is 18.2 Å². The molecule has 1 aromatic carbocycles. The summed E-state index contributed by atoms with van der Waals surface area (Å²) in [6, 6.07) is 1.88. The molecule has 2 rings (SSSR count). The predicted octanol–water partition coefficient (Wildman–Crippen LogP) is 2.30. The predicted molar refractivity (Wildman–Crippen MR) is 76.0 cm³/mol. The summed E-state index contributed by atoms with van der Waals surface area (Å²) in [5, 5.41) is 13.2. The maximum Gasteiger partial charge on any atom is 0.416 e. The Balaban J connectivity index is 2.06. The Labute approximate surface area is 130 Å². The second-order valence-corrected chi connectivity index (χ2v) is 5.64. The van der Waals surface area contributed by atoms with Gasteiger partial charge in [-0.05, 0) is 12.0 Å². The van der Waals surface area contributed by atoms with E-state index in [-0.39, 0.29) is 12.1 Å². The van der Waals surface area contributed by atoms with Gasteiger partial charge in [-0.25, -0.2) is 0 Å². The zero-order chi connectivity index (χ0) is 17.2. The fraction of sp³-hybridized carbons (Fsp3) is 0.500. The first-order valence-electron chi connectivity index (χ1n) is 7.04. The van der Waals surface area contributed by atoms with Gasteiger partial charge in [0.2, 0.25) is 0 Å². The van der Waals surface area contributed by atoms with Gasteiger partial charge in [0.05, 0.1) is 10.5 Å². The second kappa shape index (κ2) is 6.53. The topological polar surface area (TPSA) is 75.5 Å². The van der Waals surface area contributed by atoms with E-state index in [1.807, 2.05) is 0 Å². The summed E-state index contributed by atoms with van der Waals surface area (Å²) in [5.41, 5.74) is -2.35. The molecule has 23 heavy (non-hydrogen) atoms. The van der Waals surface area contributed by atoms with E-state index < -0.39 is 28.3 Å². The lowest BCUT2D eigenvalue weighted by Gasteiger charge is -2.37. The normalized spacial score (nSPS) is 16.0. The van der Waals surface area contributed by atoms with E-state index >= 15 is 0 Å². The Morgan fingerprint density at radius 1 is 1.39 bits per heavy atom. The highest BCUT2D eigenvalue weighted by molar-refractivity contribution is 5.95. The van der Waals surface area contributed by atoms with Crippen molar-refractivity contribution in [3.8, 4) is 0 Å². The van der Waals surface area contributed by atoms with Gasteiger partial charge in [0.1, 0.15) is 0 Å². The quantitative estimate of drug-likeness (QED) is 0.663. The number of alkyl halides is 3. The SMILES string of the molecule is CC1CN(CCNC(=O)c2cc([N+](=O)[O-])cc(C(F)(F)F)c2)C1. The third-order valence-corrected chi connectivity index (χ3v) is 3.57. The van der Waals surface area contributed by atoms with Gasteiger partial charge in [0.15, 0.2) is 0 Å². The number of hydrogen-bond donors (Lipinski definition) is 1. The molecule has 0 bridgehead atoms. The number of nitrogens with zero attached hydrogens (tertiary/aromatic N) is 2. The zero-order valence-corrected chi connectivity index (χ0v) is 12.4. The standard InChI is InChI=1S/C14H16F3N3O3/c1-9-7-19(8-9)3-2-18-13(21)10-4-11(14(15,16)17)6-12(5-10)20(22)23/h4-6,9H,2-3,7-8H2,1H3,(H,18,21). The van der Waals surface area contributed by atoms with Crippen molar-refractivity contribution in [1.82, 2.24) is 10.2 Å². The molecule has 1 aliphatic heterocycles. The largest absolute Gasteiger partial charge is 0.416 e. The molecule has 9 heteroatoms. The summed E-state index contributed by atoms with van der Waals surface area (Å²) < 4.78 is 38.3. The molecule has 0 atom stereocenters. The van der Waals surface area contributed by atoms with Crippen molar-refractivity contribution in [2.45, 2.75) is 13.1 Å². The van der Waals surface area contributed by atoms with Gasteiger partial charge < -0.3 is 10.2 Å². The molecule has 1 amide bonds. The number of non-ortho nitro benzene ring substituents is 1. The minimum Gasteiger partial charge on any atom is -0.351 e. The van der Waals surface area contributed by atoms with Crippen LogP contribution in [0.1, 0.15) is 22.8 Å². The average molecular weight is 331 g/mol.